The van der Waals surface area contributed by atoms with Crippen LogP contribution in [-0.4, -0.2) is 48.8 Å². The van der Waals surface area contributed by atoms with Crippen molar-refractivity contribution in [2.75, 3.05) is 31.6 Å². The molecule has 0 bridgehead atoms. The van der Waals surface area contributed by atoms with Crippen LogP contribution in [-0.2, 0) is 0 Å². The van der Waals surface area contributed by atoms with Crippen LogP contribution in [0.3, 0.4) is 0 Å². The minimum Gasteiger partial charge on any atom is -0.395 e. The summed E-state index contributed by atoms with van der Waals surface area (Å²) in [7, 11) is 2.04. The molecule has 1 N–H and O–H groups in total. The zero-order valence-electron chi connectivity index (χ0n) is 10.9. The fourth-order valence-corrected chi connectivity index (χ4v) is 2.52. The van der Waals surface area contributed by atoms with Gasteiger partial charge in [0.1, 0.15) is 0 Å². The third-order valence-corrected chi connectivity index (χ3v) is 3.63. The molecule has 0 spiro atoms. The Kier molecular flexibility index (Phi) is 3.85. The first-order chi connectivity index (χ1) is 8.65. The summed E-state index contributed by atoms with van der Waals surface area (Å²) in [5.41, 5.74) is 1.74. The molecule has 0 aliphatic carbocycles. The Morgan fingerprint density at radius 2 is 2.22 bits per heavy atom. The number of rotatable bonds is 2. The number of benzene rings is 1. The third-order valence-electron chi connectivity index (χ3n) is 3.63. The number of hydrogen-bond donors (Lipinski definition) is 1. The molecule has 1 saturated heterocycles. The molecule has 4 nitrogen and oxygen atoms in total. The summed E-state index contributed by atoms with van der Waals surface area (Å²) < 4.78 is 0. The molecule has 18 heavy (non-hydrogen) atoms. The molecule has 1 aromatic rings. The number of nitrogens with zero attached hydrogens (tertiary/aromatic N) is 3. The molecule has 1 aliphatic rings. The van der Waals surface area contributed by atoms with E-state index in [-0.39, 0.29) is 12.6 Å². The minimum absolute atomic E-state index is 0.159. The van der Waals surface area contributed by atoms with Gasteiger partial charge >= 0.3 is 0 Å². The van der Waals surface area contributed by atoms with Crippen molar-refractivity contribution < 1.29 is 5.11 Å². The number of anilines is 1. The molecule has 1 aromatic carbocycles. The largest absolute Gasteiger partial charge is 0.395 e. The molecule has 1 heterocycles. The predicted molar refractivity (Wildman–Crippen MR) is 71.5 cm³/mol. The highest BCUT2D eigenvalue weighted by atomic mass is 16.3. The lowest BCUT2D eigenvalue weighted by atomic mass is 10.1. The fraction of sp³-hybridized carbons (Fsp3) is 0.500. The van der Waals surface area contributed by atoms with Crippen molar-refractivity contribution >= 4 is 5.69 Å². The van der Waals surface area contributed by atoms with Crippen molar-refractivity contribution in [1.82, 2.24) is 4.90 Å². The molecule has 1 fully saturated rings. The van der Waals surface area contributed by atoms with Crippen LogP contribution in [0.15, 0.2) is 24.3 Å². The molecule has 2 atom stereocenters. The van der Waals surface area contributed by atoms with E-state index < -0.39 is 0 Å². The average Bonchev–Trinajstić information content (AvgIpc) is 2.39. The lowest BCUT2D eigenvalue weighted by Gasteiger charge is -2.44. The normalized spacial score (nSPS) is 24.9. The summed E-state index contributed by atoms with van der Waals surface area (Å²) in [6.07, 6.45) is 0. The van der Waals surface area contributed by atoms with Crippen molar-refractivity contribution in [2.45, 2.75) is 19.0 Å². The second kappa shape index (κ2) is 5.38. The van der Waals surface area contributed by atoms with Crippen molar-refractivity contribution in [2.24, 2.45) is 0 Å². The number of likely N-dealkylation sites (N-methyl/N-ethyl adjacent to an activating group) is 1. The fourth-order valence-electron chi connectivity index (χ4n) is 2.52. The van der Waals surface area contributed by atoms with Crippen LogP contribution in [0, 0.1) is 11.3 Å². The number of aliphatic hydroxyl groups excluding tert-OH is 1. The molecular weight excluding hydrogens is 226 g/mol. The van der Waals surface area contributed by atoms with Crippen molar-refractivity contribution in [3.63, 3.8) is 0 Å². The van der Waals surface area contributed by atoms with E-state index in [1.54, 1.807) is 0 Å². The van der Waals surface area contributed by atoms with E-state index in [2.05, 4.69) is 22.8 Å². The highest BCUT2D eigenvalue weighted by Crippen LogP contribution is 2.23. The van der Waals surface area contributed by atoms with E-state index >= 15 is 0 Å². The number of aliphatic hydroxyl groups is 1. The van der Waals surface area contributed by atoms with Gasteiger partial charge in [0.2, 0.25) is 0 Å². The highest BCUT2D eigenvalue weighted by Gasteiger charge is 2.28. The zero-order chi connectivity index (χ0) is 13.1. The number of piperazine rings is 1. The molecule has 0 radical (unpaired) electrons. The van der Waals surface area contributed by atoms with E-state index in [0.29, 0.717) is 11.6 Å². The van der Waals surface area contributed by atoms with Gasteiger partial charge in [-0.2, -0.15) is 5.26 Å². The Hall–Kier alpha value is -1.57. The monoisotopic (exact) mass is 245 g/mol. The summed E-state index contributed by atoms with van der Waals surface area (Å²) in [5, 5.41) is 18.3. The smallest absolute Gasteiger partial charge is 0.0992 e. The van der Waals surface area contributed by atoms with Gasteiger partial charge in [0.25, 0.3) is 0 Å². The Balaban J connectivity index is 2.23. The predicted octanol–water partition coefficient (Wildman–Crippen LogP) is 1.06. The van der Waals surface area contributed by atoms with Gasteiger partial charge in [-0.3, -0.25) is 4.90 Å². The molecule has 2 rings (SSSR count). The topological polar surface area (TPSA) is 50.5 Å². The summed E-state index contributed by atoms with van der Waals surface area (Å²) in [5.74, 6) is 0. The van der Waals surface area contributed by atoms with Gasteiger partial charge in [0.15, 0.2) is 0 Å². The van der Waals surface area contributed by atoms with E-state index in [1.165, 1.54) is 0 Å². The van der Waals surface area contributed by atoms with Gasteiger partial charge in [-0.15, -0.1) is 0 Å². The molecule has 96 valence electrons. The molecular formula is C14H19N3O. The Morgan fingerprint density at radius 3 is 2.89 bits per heavy atom. The van der Waals surface area contributed by atoms with Gasteiger partial charge in [-0.1, -0.05) is 6.07 Å². The van der Waals surface area contributed by atoms with Crippen LogP contribution in [0.5, 0.6) is 0 Å². The van der Waals surface area contributed by atoms with Gasteiger partial charge in [-0.25, -0.2) is 0 Å². The third kappa shape index (κ3) is 2.47. The van der Waals surface area contributed by atoms with E-state index in [4.69, 9.17) is 5.26 Å². The van der Waals surface area contributed by atoms with Crippen LogP contribution < -0.4 is 4.90 Å². The zero-order valence-corrected chi connectivity index (χ0v) is 10.9. The van der Waals surface area contributed by atoms with Crippen molar-refractivity contribution in [1.29, 1.82) is 5.26 Å². The maximum Gasteiger partial charge on any atom is 0.0992 e. The lowest BCUT2D eigenvalue weighted by Crippen LogP contribution is -2.57. The van der Waals surface area contributed by atoms with Gasteiger partial charge in [-0.05, 0) is 32.2 Å². The molecule has 0 saturated carbocycles. The first-order valence-corrected chi connectivity index (χ1v) is 6.23. The SMILES string of the molecule is CC1CN(C)C(CO)CN1c1cccc(C#N)c1. The quantitative estimate of drug-likeness (QED) is 0.846. The van der Waals surface area contributed by atoms with Gasteiger partial charge in [0.05, 0.1) is 24.3 Å². The summed E-state index contributed by atoms with van der Waals surface area (Å²) in [4.78, 5) is 4.46. The van der Waals surface area contributed by atoms with Crippen LogP contribution in [0.4, 0.5) is 5.69 Å². The molecule has 2 unspecified atom stereocenters. The highest BCUT2D eigenvalue weighted by molar-refractivity contribution is 5.52. The van der Waals surface area contributed by atoms with E-state index in [9.17, 15) is 5.11 Å². The summed E-state index contributed by atoms with van der Waals surface area (Å²) in [6, 6.07) is 10.4. The van der Waals surface area contributed by atoms with Crippen LogP contribution in [0.2, 0.25) is 0 Å². The van der Waals surface area contributed by atoms with Crippen molar-refractivity contribution in [3.8, 4) is 6.07 Å². The Labute approximate surface area is 108 Å². The Morgan fingerprint density at radius 1 is 1.44 bits per heavy atom. The maximum atomic E-state index is 9.39. The molecule has 1 aliphatic heterocycles. The first kappa shape index (κ1) is 12.9. The van der Waals surface area contributed by atoms with Gasteiger partial charge in [0, 0.05) is 24.8 Å². The first-order valence-electron chi connectivity index (χ1n) is 6.23. The summed E-state index contributed by atoms with van der Waals surface area (Å²) in [6.45, 7) is 4.05. The lowest BCUT2D eigenvalue weighted by molar-refractivity contribution is 0.122. The summed E-state index contributed by atoms with van der Waals surface area (Å²) >= 11 is 0. The standard InChI is InChI=1S/C14H19N3O/c1-11-8-16(2)14(10-18)9-17(11)13-5-3-4-12(6-13)7-15/h3-6,11,14,18H,8-10H2,1-2H3. The molecule has 0 amide bonds. The second-order valence-electron chi connectivity index (χ2n) is 4.94. The van der Waals surface area contributed by atoms with E-state index in [0.717, 1.165) is 18.8 Å². The minimum atomic E-state index is 0.159. The second-order valence-corrected chi connectivity index (χ2v) is 4.94. The van der Waals surface area contributed by atoms with Crippen molar-refractivity contribution in [3.05, 3.63) is 29.8 Å². The maximum absolute atomic E-state index is 9.39. The Bertz CT molecular complexity index is 455. The van der Waals surface area contributed by atoms with Crippen LogP contribution in [0.25, 0.3) is 0 Å². The average molecular weight is 245 g/mol. The molecule has 4 heteroatoms. The number of nitriles is 1. The van der Waals surface area contributed by atoms with Crippen LogP contribution in [0.1, 0.15) is 12.5 Å². The van der Waals surface area contributed by atoms with Crippen LogP contribution >= 0.6 is 0 Å². The number of hydrogen-bond acceptors (Lipinski definition) is 4. The van der Waals surface area contributed by atoms with Gasteiger partial charge < -0.3 is 10.0 Å². The molecule has 0 aromatic heterocycles. The van der Waals surface area contributed by atoms with E-state index in [1.807, 2.05) is 31.3 Å².